The molecule has 0 fully saturated rings. The number of carbonyl (C=O) groups is 1. The maximum absolute atomic E-state index is 11.8. The Morgan fingerprint density at radius 2 is 2.06 bits per heavy atom. The standard InChI is InChI=1S/C13H22N2O3/c1-9(2)6-12(13(16)17-5)15-8-11(7-14-15)18-10(3)4/h7-10,12H,6H2,1-5H3/t12-/m0/s1. The van der Waals surface area contributed by atoms with Crippen molar-refractivity contribution in [3.05, 3.63) is 12.4 Å². The molecule has 0 radical (unpaired) electrons. The molecule has 0 amide bonds. The second-order valence-corrected chi connectivity index (χ2v) is 4.99. The van der Waals surface area contributed by atoms with Crippen LogP contribution < -0.4 is 4.74 Å². The normalized spacial score (nSPS) is 12.8. The number of hydrogen-bond acceptors (Lipinski definition) is 4. The summed E-state index contributed by atoms with van der Waals surface area (Å²) in [6.45, 7) is 8.02. The SMILES string of the molecule is COC(=O)[C@H](CC(C)C)n1cc(OC(C)C)cn1. The Kier molecular flexibility index (Phi) is 5.19. The molecule has 1 heterocycles. The van der Waals surface area contributed by atoms with E-state index in [9.17, 15) is 4.79 Å². The van der Waals surface area contributed by atoms with Crippen LogP contribution in [0.15, 0.2) is 12.4 Å². The highest BCUT2D eigenvalue weighted by molar-refractivity contribution is 5.73. The van der Waals surface area contributed by atoms with Crippen molar-refractivity contribution in [2.24, 2.45) is 5.92 Å². The maximum atomic E-state index is 11.8. The Hall–Kier alpha value is -1.52. The number of rotatable bonds is 6. The van der Waals surface area contributed by atoms with Gasteiger partial charge in [-0.15, -0.1) is 0 Å². The van der Waals surface area contributed by atoms with E-state index in [-0.39, 0.29) is 18.1 Å². The summed E-state index contributed by atoms with van der Waals surface area (Å²) in [4.78, 5) is 11.8. The van der Waals surface area contributed by atoms with Gasteiger partial charge in [0.15, 0.2) is 5.75 Å². The summed E-state index contributed by atoms with van der Waals surface area (Å²) in [5.41, 5.74) is 0. The zero-order chi connectivity index (χ0) is 13.7. The van der Waals surface area contributed by atoms with Crippen LogP contribution in [0.3, 0.4) is 0 Å². The Morgan fingerprint density at radius 1 is 1.39 bits per heavy atom. The van der Waals surface area contributed by atoms with Gasteiger partial charge in [0, 0.05) is 0 Å². The first-order valence-electron chi connectivity index (χ1n) is 6.22. The van der Waals surface area contributed by atoms with E-state index < -0.39 is 0 Å². The molecule has 18 heavy (non-hydrogen) atoms. The summed E-state index contributed by atoms with van der Waals surface area (Å²) >= 11 is 0. The second kappa shape index (κ2) is 6.42. The molecule has 0 aliphatic carbocycles. The lowest BCUT2D eigenvalue weighted by Crippen LogP contribution is -2.23. The van der Waals surface area contributed by atoms with Crippen LogP contribution in [-0.2, 0) is 9.53 Å². The number of ether oxygens (including phenoxy) is 2. The Morgan fingerprint density at radius 3 is 2.56 bits per heavy atom. The monoisotopic (exact) mass is 254 g/mol. The van der Waals surface area contributed by atoms with E-state index in [0.29, 0.717) is 18.1 Å². The summed E-state index contributed by atoms with van der Waals surface area (Å²) in [7, 11) is 1.39. The third-order valence-corrected chi connectivity index (χ3v) is 2.44. The summed E-state index contributed by atoms with van der Waals surface area (Å²) < 4.78 is 12.0. The van der Waals surface area contributed by atoms with Crippen molar-refractivity contribution < 1.29 is 14.3 Å². The molecule has 0 aliphatic heterocycles. The van der Waals surface area contributed by atoms with Gasteiger partial charge in [-0.2, -0.15) is 5.10 Å². The lowest BCUT2D eigenvalue weighted by molar-refractivity contribution is -0.145. The van der Waals surface area contributed by atoms with Gasteiger partial charge >= 0.3 is 5.97 Å². The zero-order valence-electron chi connectivity index (χ0n) is 11.7. The molecule has 1 rings (SSSR count). The van der Waals surface area contributed by atoms with Crippen molar-refractivity contribution in [3.8, 4) is 5.75 Å². The molecule has 0 bridgehead atoms. The van der Waals surface area contributed by atoms with Crippen LogP contribution in [0.2, 0.25) is 0 Å². The van der Waals surface area contributed by atoms with Crippen LogP contribution in [0, 0.1) is 5.92 Å². The van der Waals surface area contributed by atoms with Crippen LogP contribution in [-0.4, -0.2) is 29.0 Å². The number of esters is 1. The zero-order valence-corrected chi connectivity index (χ0v) is 11.7. The lowest BCUT2D eigenvalue weighted by Gasteiger charge is -2.17. The van der Waals surface area contributed by atoms with Gasteiger partial charge in [-0.05, 0) is 26.2 Å². The molecular weight excluding hydrogens is 232 g/mol. The minimum atomic E-state index is -0.389. The predicted octanol–water partition coefficient (Wildman–Crippen LogP) is 2.43. The highest BCUT2D eigenvalue weighted by Gasteiger charge is 2.23. The van der Waals surface area contributed by atoms with E-state index in [1.165, 1.54) is 7.11 Å². The average molecular weight is 254 g/mol. The first-order chi connectivity index (χ1) is 8.43. The molecule has 0 aliphatic rings. The Balaban J connectivity index is 2.84. The molecule has 0 aromatic carbocycles. The molecule has 0 saturated heterocycles. The van der Waals surface area contributed by atoms with E-state index in [1.807, 2.05) is 13.8 Å². The largest absolute Gasteiger partial charge is 0.488 e. The molecule has 5 nitrogen and oxygen atoms in total. The minimum Gasteiger partial charge on any atom is -0.488 e. The molecule has 5 heteroatoms. The van der Waals surface area contributed by atoms with Gasteiger partial charge in [0.2, 0.25) is 0 Å². The molecule has 0 unspecified atom stereocenters. The Bertz CT molecular complexity index is 385. The molecule has 1 aromatic rings. The van der Waals surface area contributed by atoms with Gasteiger partial charge in [0.1, 0.15) is 6.04 Å². The van der Waals surface area contributed by atoms with Gasteiger partial charge in [-0.1, -0.05) is 13.8 Å². The van der Waals surface area contributed by atoms with Crippen molar-refractivity contribution in [2.45, 2.75) is 46.3 Å². The van der Waals surface area contributed by atoms with Gasteiger partial charge in [0.05, 0.1) is 25.6 Å². The third kappa shape index (κ3) is 4.05. The molecule has 1 atom stereocenters. The molecule has 0 spiro atoms. The molecule has 0 saturated carbocycles. The van der Waals surface area contributed by atoms with Crippen molar-refractivity contribution in [1.82, 2.24) is 9.78 Å². The number of methoxy groups -OCH3 is 1. The fourth-order valence-electron chi connectivity index (χ4n) is 1.72. The molecular formula is C13H22N2O3. The minimum absolute atomic E-state index is 0.0873. The van der Waals surface area contributed by atoms with Gasteiger partial charge in [-0.25, -0.2) is 4.79 Å². The van der Waals surface area contributed by atoms with Gasteiger partial charge < -0.3 is 9.47 Å². The summed E-state index contributed by atoms with van der Waals surface area (Å²) in [6, 6.07) is -0.389. The van der Waals surface area contributed by atoms with E-state index in [2.05, 4.69) is 18.9 Å². The van der Waals surface area contributed by atoms with E-state index >= 15 is 0 Å². The first-order valence-corrected chi connectivity index (χ1v) is 6.22. The van der Waals surface area contributed by atoms with Crippen LogP contribution >= 0.6 is 0 Å². The van der Waals surface area contributed by atoms with E-state index in [1.54, 1.807) is 17.1 Å². The number of aromatic nitrogens is 2. The lowest BCUT2D eigenvalue weighted by atomic mass is 10.0. The quantitative estimate of drug-likeness (QED) is 0.732. The van der Waals surface area contributed by atoms with Crippen molar-refractivity contribution in [3.63, 3.8) is 0 Å². The molecule has 102 valence electrons. The maximum Gasteiger partial charge on any atom is 0.330 e. The average Bonchev–Trinajstić information content (AvgIpc) is 2.72. The second-order valence-electron chi connectivity index (χ2n) is 4.99. The van der Waals surface area contributed by atoms with E-state index in [0.717, 1.165) is 0 Å². The van der Waals surface area contributed by atoms with Gasteiger partial charge in [-0.3, -0.25) is 4.68 Å². The molecule has 1 aromatic heterocycles. The summed E-state index contributed by atoms with van der Waals surface area (Å²) in [5, 5.41) is 4.18. The fourth-order valence-corrected chi connectivity index (χ4v) is 1.72. The highest BCUT2D eigenvalue weighted by Crippen LogP contribution is 2.21. The van der Waals surface area contributed by atoms with Crippen LogP contribution in [0.25, 0.3) is 0 Å². The predicted molar refractivity (Wildman–Crippen MR) is 68.5 cm³/mol. The fraction of sp³-hybridized carbons (Fsp3) is 0.692. The van der Waals surface area contributed by atoms with Crippen molar-refractivity contribution in [2.75, 3.05) is 7.11 Å². The van der Waals surface area contributed by atoms with Crippen LogP contribution in [0.5, 0.6) is 5.75 Å². The topological polar surface area (TPSA) is 53.4 Å². The first kappa shape index (κ1) is 14.5. The van der Waals surface area contributed by atoms with Gasteiger partial charge in [0.25, 0.3) is 0 Å². The van der Waals surface area contributed by atoms with E-state index in [4.69, 9.17) is 9.47 Å². The number of carbonyl (C=O) groups excluding carboxylic acids is 1. The molecule has 0 N–H and O–H groups in total. The van der Waals surface area contributed by atoms with Crippen molar-refractivity contribution in [1.29, 1.82) is 0 Å². The smallest absolute Gasteiger partial charge is 0.330 e. The Labute approximate surface area is 108 Å². The highest BCUT2D eigenvalue weighted by atomic mass is 16.5. The number of nitrogens with zero attached hydrogens (tertiary/aromatic N) is 2. The number of hydrogen-bond donors (Lipinski definition) is 0. The van der Waals surface area contributed by atoms with Crippen LogP contribution in [0.4, 0.5) is 0 Å². The van der Waals surface area contributed by atoms with Crippen molar-refractivity contribution >= 4 is 5.97 Å². The van der Waals surface area contributed by atoms with Crippen LogP contribution in [0.1, 0.15) is 40.2 Å². The summed E-state index contributed by atoms with van der Waals surface area (Å²) in [6.07, 6.45) is 4.14. The third-order valence-electron chi connectivity index (χ3n) is 2.44. The summed E-state index contributed by atoms with van der Waals surface area (Å²) in [5.74, 6) is 0.776.